The van der Waals surface area contributed by atoms with Crippen molar-refractivity contribution in [3.05, 3.63) is 76.1 Å². The highest BCUT2D eigenvalue weighted by Gasteiger charge is 2.30. The summed E-state index contributed by atoms with van der Waals surface area (Å²) >= 11 is 0. The number of nitriles is 1. The van der Waals surface area contributed by atoms with E-state index >= 15 is 0 Å². The van der Waals surface area contributed by atoms with Gasteiger partial charge in [0.15, 0.2) is 12.1 Å². The normalized spacial score (nSPS) is 17.7. The maximum atomic E-state index is 11.4. The first-order valence-corrected chi connectivity index (χ1v) is 9.02. The second kappa shape index (κ2) is 6.22. The second-order valence-electron chi connectivity index (χ2n) is 6.86. The number of nitrogens with zero attached hydrogens (tertiary/aromatic N) is 3. The Kier molecular flexibility index (Phi) is 3.66. The summed E-state index contributed by atoms with van der Waals surface area (Å²) in [6, 6.07) is 15.1. The van der Waals surface area contributed by atoms with Gasteiger partial charge in [0.2, 0.25) is 0 Å². The van der Waals surface area contributed by atoms with Crippen molar-refractivity contribution in [3.63, 3.8) is 0 Å². The maximum Gasteiger partial charge on any atom is 0.323 e. The van der Waals surface area contributed by atoms with Crippen molar-refractivity contribution in [1.82, 2.24) is 19.5 Å². The van der Waals surface area contributed by atoms with E-state index in [-0.39, 0.29) is 5.69 Å². The standard InChI is InChI=1S/C21H16N6O2/c1-11-13(9-22)19-24-16-4-2-3-5-18(16)27(19)20(28)14(11)10-23-12-6-7-15-17(8-12)26-21(29)25-15/h2-8,10,20,23,28H,1H3,(H2,25,26,29). The summed E-state index contributed by atoms with van der Waals surface area (Å²) in [5.41, 5.74) is 4.98. The molecule has 2 aromatic heterocycles. The first kappa shape index (κ1) is 17.0. The highest BCUT2D eigenvalue weighted by Crippen LogP contribution is 2.38. The first-order valence-electron chi connectivity index (χ1n) is 9.02. The second-order valence-corrected chi connectivity index (χ2v) is 6.86. The Morgan fingerprint density at radius 1 is 1.24 bits per heavy atom. The lowest BCUT2D eigenvalue weighted by Crippen LogP contribution is -2.20. The number of H-pyrrole nitrogens is 2. The Morgan fingerprint density at radius 3 is 2.86 bits per heavy atom. The molecule has 5 rings (SSSR count). The number of aliphatic hydroxyl groups excluding tert-OH is 1. The van der Waals surface area contributed by atoms with E-state index in [1.165, 1.54) is 0 Å². The third kappa shape index (κ3) is 2.56. The number of imidazole rings is 2. The van der Waals surface area contributed by atoms with Gasteiger partial charge in [0.05, 0.1) is 27.6 Å². The number of hydrogen-bond acceptors (Lipinski definition) is 5. The van der Waals surface area contributed by atoms with Crippen LogP contribution in [0.4, 0.5) is 5.69 Å². The quantitative estimate of drug-likeness (QED) is 0.423. The molecule has 3 heterocycles. The molecule has 0 radical (unpaired) electrons. The monoisotopic (exact) mass is 384 g/mol. The number of aliphatic hydroxyl groups is 1. The Bertz CT molecular complexity index is 1440. The molecule has 2 aromatic carbocycles. The largest absolute Gasteiger partial charge is 0.369 e. The van der Waals surface area contributed by atoms with Gasteiger partial charge in [-0.15, -0.1) is 0 Å². The van der Waals surface area contributed by atoms with Crippen molar-refractivity contribution in [2.75, 3.05) is 5.32 Å². The average molecular weight is 384 g/mol. The molecule has 0 saturated carbocycles. The molecule has 1 unspecified atom stereocenters. The van der Waals surface area contributed by atoms with Gasteiger partial charge in [-0.3, -0.25) is 4.57 Å². The number of allylic oxidation sites excluding steroid dienone is 1. The highest BCUT2D eigenvalue weighted by atomic mass is 16.3. The number of aromatic nitrogens is 4. The third-order valence-electron chi connectivity index (χ3n) is 5.17. The van der Waals surface area contributed by atoms with Crippen LogP contribution in [0.3, 0.4) is 0 Å². The van der Waals surface area contributed by atoms with Crippen LogP contribution in [-0.2, 0) is 0 Å². The number of anilines is 1. The van der Waals surface area contributed by atoms with E-state index in [0.717, 1.165) is 16.7 Å². The van der Waals surface area contributed by atoms with Crippen LogP contribution in [0.25, 0.3) is 27.6 Å². The molecule has 1 atom stereocenters. The van der Waals surface area contributed by atoms with Crippen LogP contribution in [0.5, 0.6) is 0 Å². The lowest BCUT2D eigenvalue weighted by Gasteiger charge is -2.25. The molecule has 0 fully saturated rings. The molecule has 0 bridgehead atoms. The van der Waals surface area contributed by atoms with E-state index in [1.807, 2.05) is 30.3 Å². The Morgan fingerprint density at radius 2 is 2.03 bits per heavy atom. The molecule has 8 heteroatoms. The number of rotatable bonds is 2. The molecule has 0 saturated heterocycles. The van der Waals surface area contributed by atoms with E-state index in [2.05, 4.69) is 26.3 Å². The van der Waals surface area contributed by atoms with Crippen LogP contribution >= 0.6 is 0 Å². The fourth-order valence-corrected chi connectivity index (χ4v) is 3.71. The van der Waals surface area contributed by atoms with Crippen molar-refractivity contribution in [1.29, 1.82) is 5.26 Å². The fraction of sp³-hybridized carbons (Fsp3) is 0.0952. The average Bonchev–Trinajstić information content (AvgIpc) is 3.27. The van der Waals surface area contributed by atoms with Gasteiger partial charge in [0.25, 0.3) is 0 Å². The maximum absolute atomic E-state index is 11.4. The molecule has 142 valence electrons. The van der Waals surface area contributed by atoms with E-state index in [0.29, 0.717) is 33.6 Å². The van der Waals surface area contributed by atoms with E-state index < -0.39 is 6.23 Å². The summed E-state index contributed by atoms with van der Waals surface area (Å²) in [5, 5.41) is 23.9. The van der Waals surface area contributed by atoms with Crippen LogP contribution in [0.2, 0.25) is 0 Å². The van der Waals surface area contributed by atoms with Crippen molar-refractivity contribution in [3.8, 4) is 6.07 Å². The topological polar surface area (TPSA) is 123 Å². The van der Waals surface area contributed by atoms with E-state index in [1.54, 1.807) is 29.8 Å². The molecule has 29 heavy (non-hydrogen) atoms. The summed E-state index contributed by atoms with van der Waals surface area (Å²) in [6.07, 6.45) is 0.693. The Labute approximate surface area is 164 Å². The molecule has 0 aliphatic carbocycles. The van der Waals surface area contributed by atoms with Crippen LogP contribution in [0, 0.1) is 11.3 Å². The van der Waals surface area contributed by atoms with E-state index in [4.69, 9.17) is 0 Å². The van der Waals surface area contributed by atoms with Crippen LogP contribution in [-0.4, -0.2) is 24.6 Å². The van der Waals surface area contributed by atoms with E-state index in [9.17, 15) is 15.2 Å². The number of fused-ring (bicyclic) bond motifs is 4. The van der Waals surface area contributed by atoms with Crippen molar-refractivity contribution in [2.45, 2.75) is 13.2 Å². The first-order chi connectivity index (χ1) is 14.1. The zero-order chi connectivity index (χ0) is 20.1. The molecule has 0 spiro atoms. The molecular formula is C21H16N6O2. The Balaban J connectivity index is 1.60. The minimum Gasteiger partial charge on any atom is -0.369 e. The molecule has 0 amide bonds. The summed E-state index contributed by atoms with van der Waals surface area (Å²) < 4.78 is 1.67. The van der Waals surface area contributed by atoms with Crippen LogP contribution in [0.1, 0.15) is 19.0 Å². The summed E-state index contributed by atoms with van der Waals surface area (Å²) in [4.78, 5) is 21.4. The van der Waals surface area contributed by atoms with Gasteiger partial charge in [0, 0.05) is 17.5 Å². The SMILES string of the molecule is CC1=C(C#N)c2nc3ccccc3n2C(O)C1=CNc1ccc2[nH]c(=O)[nH]c2c1. The number of hydrogen-bond donors (Lipinski definition) is 4. The summed E-state index contributed by atoms with van der Waals surface area (Å²) in [7, 11) is 0. The van der Waals surface area contributed by atoms with Crippen LogP contribution < -0.4 is 11.0 Å². The molecule has 4 N–H and O–H groups in total. The van der Waals surface area contributed by atoms with Crippen LogP contribution in [0.15, 0.2) is 64.6 Å². The van der Waals surface area contributed by atoms with Gasteiger partial charge in [-0.2, -0.15) is 5.26 Å². The highest BCUT2D eigenvalue weighted by molar-refractivity contribution is 5.88. The predicted octanol–water partition coefficient (Wildman–Crippen LogP) is 3.00. The number of aromatic amines is 2. The summed E-state index contributed by atoms with van der Waals surface area (Å²) in [5.74, 6) is 0.460. The third-order valence-corrected chi connectivity index (χ3v) is 5.17. The molecule has 1 aliphatic rings. The van der Waals surface area contributed by atoms with Gasteiger partial charge in [-0.1, -0.05) is 12.1 Å². The smallest absolute Gasteiger partial charge is 0.323 e. The molecule has 1 aliphatic heterocycles. The zero-order valence-corrected chi connectivity index (χ0v) is 15.4. The number of nitrogens with one attached hydrogen (secondary N) is 3. The molecule has 8 nitrogen and oxygen atoms in total. The van der Waals surface area contributed by atoms with Gasteiger partial charge in [-0.05, 0) is 42.8 Å². The number of benzene rings is 2. The van der Waals surface area contributed by atoms with Gasteiger partial charge in [0.1, 0.15) is 6.07 Å². The minimum atomic E-state index is -0.988. The van der Waals surface area contributed by atoms with Gasteiger partial charge in [-0.25, -0.2) is 9.78 Å². The lowest BCUT2D eigenvalue weighted by atomic mass is 9.97. The fourth-order valence-electron chi connectivity index (χ4n) is 3.71. The Hall–Kier alpha value is -4.09. The van der Waals surface area contributed by atoms with Gasteiger partial charge >= 0.3 is 5.69 Å². The molecule has 4 aromatic rings. The predicted molar refractivity (Wildman–Crippen MR) is 110 cm³/mol. The summed E-state index contributed by atoms with van der Waals surface area (Å²) in [6.45, 7) is 1.80. The van der Waals surface area contributed by atoms with Crippen molar-refractivity contribution >= 4 is 33.3 Å². The molecular weight excluding hydrogens is 368 g/mol. The lowest BCUT2D eigenvalue weighted by molar-refractivity contribution is 0.145. The zero-order valence-electron chi connectivity index (χ0n) is 15.4. The minimum absolute atomic E-state index is 0.268. The van der Waals surface area contributed by atoms with Crippen molar-refractivity contribution in [2.24, 2.45) is 0 Å². The van der Waals surface area contributed by atoms with Crippen molar-refractivity contribution < 1.29 is 5.11 Å². The van der Waals surface area contributed by atoms with Gasteiger partial charge < -0.3 is 20.4 Å². The number of para-hydroxylation sites is 2.